The van der Waals surface area contributed by atoms with Gasteiger partial charge in [-0.1, -0.05) is 6.07 Å². The van der Waals surface area contributed by atoms with Crippen LogP contribution in [0.15, 0.2) is 53.6 Å². The summed E-state index contributed by atoms with van der Waals surface area (Å²) in [6.45, 7) is 5.26. The maximum Gasteiger partial charge on any atom is 0.251 e. The van der Waals surface area contributed by atoms with Gasteiger partial charge in [0.15, 0.2) is 11.5 Å². The molecular weight excluding hydrogens is 392 g/mol. The summed E-state index contributed by atoms with van der Waals surface area (Å²) >= 11 is 0. The molecule has 1 unspecified atom stereocenters. The summed E-state index contributed by atoms with van der Waals surface area (Å²) in [5.74, 6) is 2.31. The molecule has 2 aromatic heterocycles. The minimum absolute atomic E-state index is 0.128. The number of benzene rings is 1. The quantitative estimate of drug-likeness (QED) is 0.629. The lowest BCUT2D eigenvalue weighted by molar-refractivity contribution is 0.198. The number of nitrogens with one attached hydrogen (secondary N) is 1. The lowest BCUT2D eigenvalue weighted by atomic mass is 9.94. The van der Waals surface area contributed by atoms with E-state index >= 15 is 0 Å². The van der Waals surface area contributed by atoms with Crippen molar-refractivity contribution in [1.29, 1.82) is 0 Å². The Morgan fingerprint density at radius 3 is 2.90 bits per heavy atom. The first kappa shape index (κ1) is 21.1. The molecule has 0 bridgehead atoms. The molecule has 1 aromatic carbocycles. The number of methoxy groups -OCH3 is 1. The van der Waals surface area contributed by atoms with E-state index in [2.05, 4.69) is 20.9 Å². The highest BCUT2D eigenvalue weighted by Gasteiger charge is 2.24. The van der Waals surface area contributed by atoms with Crippen LogP contribution in [0.3, 0.4) is 0 Å². The molecule has 0 amide bonds. The van der Waals surface area contributed by atoms with Gasteiger partial charge in [-0.3, -0.25) is 14.7 Å². The fourth-order valence-electron chi connectivity index (χ4n) is 4.11. The third-order valence-corrected chi connectivity index (χ3v) is 5.55. The van der Waals surface area contributed by atoms with E-state index in [4.69, 9.17) is 14.5 Å². The first-order chi connectivity index (χ1) is 15.2. The predicted octanol–water partition coefficient (Wildman–Crippen LogP) is 3.62. The number of pyridine rings is 1. The Hall–Kier alpha value is -3.19. The number of piperidine rings is 1. The van der Waals surface area contributed by atoms with Crippen LogP contribution in [0.2, 0.25) is 0 Å². The van der Waals surface area contributed by atoms with Gasteiger partial charge >= 0.3 is 0 Å². The van der Waals surface area contributed by atoms with Crippen molar-refractivity contribution in [2.24, 2.45) is 0 Å². The van der Waals surface area contributed by atoms with E-state index in [0.29, 0.717) is 12.4 Å². The fraction of sp³-hybridized carbons (Fsp3) is 0.375. The first-order valence-electron chi connectivity index (χ1n) is 10.7. The largest absolute Gasteiger partial charge is 0.493 e. The van der Waals surface area contributed by atoms with E-state index in [1.807, 2.05) is 31.2 Å². The minimum Gasteiger partial charge on any atom is -0.493 e. The van der Waals surface area contributed by atoms with Crippen molar-refractivity contribution in [3.63, 3.8) is 0 Å². The minimum atomic E-state index is -0.128. The second-order valence-corrected chi connectivity index (χ2v) is 7.75. The van der Waals surface area contributed by atoms with Crippen LogP contribution in [-0.4, -0.2) is 46.7 Å². The zero-order chi connectivity index (χ0) is 21.6. The summed E-state index contributed by atoms with van der Waals surface area (Å²) in [5.41, 5.74) is 2.71. The lowest BCUT2D eigenvalue weighted by Crippen LogP contribution is -2.34. The normalized spacial score (nSPS) is 16.8. The number of aromatic amines is 1. The average molecular weight is 421 g/mol. The van der Waals surface area contributed by atoms with Gasteiger partial charge in [-0.2, -0.15) is 0 Å². The molecule has 0 aliphatic carbocycles. The second-order valence-electron chi connectivity index (χ2n) is 7.75. The molecule has 7 nitrogen and oxygen atoms in total. The predicted molar refractivity (Wildman–Crippen MR) is 120 cm³/mol. The molecule has 1 saturated heterocycles. The van der Waals surface area contributed by atoms with Crippen LogP contribution in [0.4, 0.5) is 0 Å². The van der Waals surface area contributed by atoms with Crippen LogP contribution in [-0.2, 0) is 6.54 Å². The van der Waals surface area contributed by atoms with Crippen molar-refractivity contribution in [3.8, 4) is 22.9 Å². The van der Waals surface area contributed by atoms with Gasteiger partial charge in [0.05, 0.1) is 19.4 Å². The van der Waals surface area contributed by atoms with Crippen molar-refractivity contribution in [2.75, 3.05) is 26.8 Å². The lowest BCUT2D eigenvalue weighted by Gasteiger charge is -2.32. The molecule has 4 rings (SSSR count). The van der Waals surface area contributed by atoms with Crippen LogP contribution < -0.4 is 15.0 Å². The van der Waals surface area contributed by atoms with E-state index in [-0.39, 0.29) is 11.5 Å². The first-order valence-corrected chi connectivity index (χ1v) is 10.7. The summed E-state index contributed by atoms with van der Waals surface area (Å²) < 4.78 is 11.1. The Labute approximate surface area is 182 Å². The Morgan fingerprint density at radius 1 is 1.23 bits per heavy atom. The monoisotopic (exact) mass is 420 g/mol. The molecule has 1 N–H and O–H groups in total. The molecule has 3 heterocycles. The summed E-state index contributed by atoms with van der Waals surface area (Å²) in [5, 5.41) is 0. The van der Waals surface area contributed by atoms with Crippen LogP contribution >= 0.6 is 0 Å². The van der Waals surface area contributed by atoms with Crippen molar-refractivity contribution in [2.45, 2.75) is 32.2 Å². The van der Waals surface area contributed by atoms with Crippen LogP contribution in [0.1, 0.15) is 36.9 Å². The molecule has 0 spiro atoms. The molecule has 31 heavy (non-hydrogen) atoms. The van der Waals surface area contributed by atoms with Crippen molar-refractivity contribution >= 4 is 0 Å². The number of H-pyrrole nitrogens is 1. The van der Waals surface area contributed by atoms with Gasteiger partial charge in [0.1, 0.15) is 5.82 Å². The summed E-state index contributed by atoms with van der Waals surface area (Å²) in [4.78, 5) is 26.5. The highest BCUT2D eigenvalue weighted by Crippen LogP contribution is 2.31. The highest BCUT2D eigenvalue weighted by atomic mass is 16.5. The molecule has 7 heteroatoms. The summed E-state index contributed by atoms with van der Waals surface area (Å²) in [7, 11) is 1.66. The van der Waals surface area contributed by atoms with Gasteiger partial charge in [0.25, 0.3) is 5.56 Å². The number of hydrogen-bond donors (Lipinski definition) is 1. The number of likely N-dealkylation sites (tertiary alicyclic amines) is 1. The maximum atomic E-state index is 12.3. The van der Waals surface area contributed by atoms with Gasteiger partial charge < -0.3 is 14.5 Å². The average Bonchev–Trinajstić information content (AvgIpc) is 2.80. The SMILES string of the molecule is CCOc1ccc(CN2CCCC(c3cc(=O)[nH]c(-c4cccnc4)n3)C2)cc1OC. The van der Waals surface area contributed by atoms with Gasteiger partial charge in [-0.05, 0) is 56.1 Å². The summed E-state index contributed by atoms with van der Waals surface area (Å²) in [6, 6.07) is 11.5. The number of hydrogen-bond acceptors (Lipinski definition) is 6. The molecule has 1 aliphatic heterocycles. The van der Waals surface area contributed by atoms with Crippen molar-refractivity contribution in [1.82, 2.24) is 19.9 Å². The molecule has 0 radical (unpaired) electrons. The number of ether oxygens (including phenoxy) is 2. The third kappa shape index (κ3) is 5.11. The second kappa shape index (κ2) is 9.75. The molecule has 1 aliphatic rings. The van der Waals surface area contributed by atoms with E-state index in [1.165, 1.54) is 5.56 Å². The molecule has 1 atom stereocenters. The maximum absolute atomic E-state index is 12.3. The Kier molecular flexibility index (Phi) is 6.62. The topological polar surface area (TPSA) is 80.3 Å². The highest BCUT2D eigenvalue weighted by molar-refractivity contribution is 5.52. The fourth-order valence-corrected chi connectivity index (χ4v) is 4.11. The van der Waals surface area contributed by atoms with E-state index in [9.17, 15) is 4.79 Å². The number of rotatable bonds is 7. The van der Waals surface area contributed by atoms with E-state index in [0.717, 1.165) is 55.2 Å². The summed E-state index contributed by atoms with van der Waals surface area (Å²) in [6.07, 6.45) is 5.51. The zero-order valence-electron chi connectivity index (χ0n) is 18.0. The van der Waals surface area contributed by atoms with Crippen LogP contribution in [0.25, 0.3) is 11.4 Å². The molecule has 3 aromatic rings. The van der Waals surface area contributed by atoms with Gasteiger partial charge in [-0.15, -0.1) is 0 Å². The van der Waals surface area contributed by atoms with Crippen LogP contribution in [0, 0.1) is 0 Å². The van der Waals surface area contributed by atoms with Crippen molar-refractivity contribution in [3.05, 3.63) is 70.4 Å². The van der Waals surface area contributed by atoms with E-state index in [1.54, 1.807) is 25.6 Å². The van der Waals surface area contributed by atoms with Crippen LogP contribution in [0.5, 0.6) is 11.5 Å². The van der Waals surface area contributed by atoms with Gasteiger partial charge in [-0.25, -0.2) is 4.98 Å². The third-order valence-electron chi connectivity index (χ3n) is 5.55. The smallest absolute Gasteiger partial charge is 0.251 e. The van der Waals surface area contributed by atoms with Crippen molar-refractivity contribution < 1.29 is 9.47 Å². The number of aromatic nitrogens is 3. The molecule has 1 fully saturated rings. The van der Waals surface area contributed by atoms with E-state index < -0.39 is 0 Å². The molecular formula is C24H28N4O3. The Bertz CT molecular complexity index is 1070. The molecule has 162 valence electrons. The Morgan fingerprint density at radius 2 is 2.13 bits per heavy atom. The van der Waals surface area contributed by atoms with Gasteiger partial charge in [0.2, 0.25) is 0 Å². The van der Waals surface area contributed by atoms with Gasteiger partial charge in [0, 0.05) is 43.0 Å². The zero-order valence-corrected chi connectivity index (χ0v) is 18.0. The Balaban J connectivity index is 1.50. The standard InChI is InChI=1S/C24H28N4O3/c1-3-31-21-9-8-17(12-22(21)30-2)15-28-11-5-7-19(16-28)20-13-23(29)27-24(26-20)18-6-4-10-25-14-18/h4,6,8-10,12-14,19H,3,5,7,11,15-16H2,1-2H3,(H,26,27,29). The molecule has 0 saturated carbocycles. The number of nitrogens with zero attached hydrogens (tertiary/aromatic N) is 3.